The molecule has 0 fully saturated rings. The Hall–Kier alpha value is -1.25. The smallest absolute Gasteiger partial charge is 0.0415 e. The number of benzene rings is 2. The molecule has 0 spiro atoms. The maximum Gasteiger partial charge on any atom is 0.0415 e. The second-order valence-electron chi connectivity index (χ2n) is 5.23. The molecule has 1 N–H and O–H groups in total. The van der Waals surface area contributed by atoms with Gasteiger partial charge < -0.3 is 5.32 Å². The highest BCUT2D eigenvalue weighted by Gasteiger charge is 2.11. The molecule has 21 heavy (non-hydrogen) atoms. The van der Waals surface area contributed by atoms with Crippen molar-refractivity contribution < 1.29 is 0 Å². The average Bonchev–Trinajstić information content (AvgIpc) is 2.56. The van der Waals surface area contributed by atoms with Gasteiger partial charge >= 0.3 is 0 Å². The van der Waals surface area contributed by atoms with Crippen molar-refractivity contribution in [3.63, 3.8) is 0 Å². The van der Waals surface area contributed by atoms with Crippen LogP contribution in [-0.2, 0) is 6.42 Å². The van der Waals surface area contributed by atoms with Gasteiger partial charge in [-0.15, -0.1) is 11.8 Å². The molecule has 0 heterocycles. The van der Waals surface area contributed by atoms with E-state index in [1.54, 1.807) is 0 Å². The van der Waals surface area contributed by atoms with Gasteiger partial charge in [-0.1, -0.05) is 56.3 Å². The summed E-state index contributed by atoms with van der Waals surface area (Å²) in [5.41, 5.74) is 2.83. The summed E-state index contributed by atoms with van der Waals surface area (Å²) in [4.78, 5) is 1.34. The standard InChI is InChI=1S/C19H25NS/c1-3-13-20-19(15-21-18-11-6-5-7-12-18)17-10-8-9-16(4-2)14-17/h5-12,14,19-20H,3-4,13,15H2,1-2H3. The van der Waals surface area contributed by atoms with E-state index in [4.69, 9.17) is 0 Å². The van der Waals surface area contributed by atoms with Crippen LogP contribution in [0.15, 0.2) is 59.5 Å². The normalized spacial score (nSPS) is 12.3. The maximum absolute atomic E-state index is 3.69. The summed E-state index contributed by atoms with van der Waals surface area (Å²) in [7, 11) is 0. The Morgan fingerprint density at radius 1 is 1.00 bits per heavy atom. The molecule has 112 valence electrons. The van der Waals surface area contributed by atoms with Gasteiger partial charge in [-0.25, -0.2) is 0 Å². The first kappa shape index (κ1) is 16.1. The van der Waals surface area contributed by atoms with E-state index < -0.39 is 0 Å². The summed E-state index contributed by atoms with van der Waals surface area (Å²) in [6.45, 7) is 5.50. The van der Waals surface area contributed by atoms with Crippen LogP contribution in [0.1, 0.15) is 37.4 Å². The van der Waals surface area contributed by atoms with Crippen LogP contribution in [0.25, 0.3) is 0 Å². The summed E-state index contributed by atoms with van der Waals surface area (Å²) in [5, 5.41) is 3.69. The van der Waals surface area contributed by atoms with Crippen LogP contribution in [-0.4, -0.2) is 12.3 Å². The minimum atomic E-state index is 0.418. The van der Waals surface area contributed by atoms with Crippen molar-refractivity contribution in [2.45, 2.75) is 37.6 Å². The number of hydrogen-bond acceptors (Lipinski definition) is 2. The molecule has 0 saturated heterocycles. The lowest BCUT2D eigenvalue weighted by atomic mass is 10.0. The second-order valence-corrected chi connectivity index (χ2v) is 6.32. The molecule has 1 unspecified atom stereocenters. The van der Waals surface area contributed by atoms with Crippen LogP contribution in [0.5, 0.6) is 0 Å². The number of thioether (sulfide) groups is 1. The van der Waals surface area contributed by atoms with Gasteiger partial charge in [0, 0.05) is 16.7 Å². The molecule has 0 aliphatic carbocycles. The summed E-state index contributed by atoms with van der Waals surface area (Å²) in [6, 6.07) is 20.1. The third-order valence-corrected chi connectivity index (χ3v) is 4.67. The third kappa shape index (κ3) is 5.22. The molecule has 2 rings (SSSR count). The largest absolute Gasteiger partial charge is 0.309 e. The van der Waals surface area contributed by atoms with Crippen LogP contribution in [0, 0.1) is 0 Å². The van der Waals surface area contributed by atoms with Gasteiger partial charge in [-0.05, 0) is 42.6 Å². The molecule has 2 aromatic rings. The van der Waals surface area contributed by atoms with Gasteiger partial charge in [0.15, 0.2) is 0 Å². The molecule has 0 bridgehead atoms. The number of hydrogen-bond donors (Lipinski definition) is 1. The van der Waals surface area contributed by atoms with Gasteiger partial charge in [0.05, 0.1) is 0 Å². The zero-order valence-electron chi connectivity index (χ0n) is 13.0. The van der Waals surface area contributed by atoms with E-state index in [1.165, 1.54) is 22.4 Å². The Balaban J connectivity index is 2.06. The van der Waals surface area contributed by atoms with E-state index in [1.807, 2.05) is 11.8 Å². The van der Waals surface area contributed by atoms with Crippen LogP contribution < -0.4 is 5.32 Å². The van der Waals surface area contributed by atoms with Crippen molar-refractivity contribution in [1.82, 2.24) is 5.32 Å². The second kappa shape index (κ2) is 8.91. The number of rotatable bonds is 8. The van der Waals surface area contributed by atoms with Gasteiger partial charge in [0.2, 0.25) is 0 Å². The van der Waals surface area contributed by atoms with Crippen molar-refractivity contribution in [3.8, 4) is 0 Å². The zero-order valence-corrected chi connectivity index (χ0v) is 13.8. The van der Waals surface area contributed by atoms with E-state index in [2.05, 4.69) is 73.8 Å². The Morgan fingerprint density at radius 2 is 1.81 bits per heavy atom. The minimum absolute atomic E-state index is 0.418. The van der Waals surface area contributed by atoms with Gasteiger partial charge in [0.1, 0.15) is 0 Å². The molecule has 0 aliphatic heterocycles. The topological polar surface area (TPSA) is 12.0 Å². The molecule has 0 aliphatic rings. The first-order chi connectivity index (χ1) is 10.3. The fourth-order valence-corrected chi connectivity index (χ4v) is 3.34. The van der Waals surface area contributed by atoms with Crippen molar-refractivity contribution in [1.29, 1.82) is 0 Å². The number of nitrogens with one attached hydrogen (secondary N) is 1. The highest BCUT2D eigenvalue weighted by molar-refractivity contribution is 7.99. The molecule has 0 radical (unpaired) electrons. The van der Waals surface area contributed by atoms with Crippen LogP contribution >= 0.6 is 11.8 Å². The first-order valence-corrected chi connectivity index (χ1v) is 8.82. The average molecular weight is 299 g/mol. The minimum Gasteiger partial charge on any atom is -0.309 e. The van der Waals surface area contributed by atoms with Gasteiger partial charge in [-0.3, -0.25) is 0 Å². The fourth-order valence-electron chi connectivity index (χ4n) is 2.32. The van der Waals surface area contributed by atoms with Crippen molar-refractivity contribution in [2.75, 3.05) is 12.3 Å². The lowest BCUT2D eigenvalue weighted by Crippen LogP contribution is -2.24. The predicted octanol–water partition coefficient (Wildman–Crippen LogP) is 5.08. The summed E-state index contributed by atoms with van der Waals surface area (Å²) < 4.78 is 0. The quantitative estimate of drug-likeness (QED) is 0.682. The summed E-state index contributed by atoms with van der Waals surface area (Å²) in [5.74, 6) is 1.07. The molecule has 0 saturated carbocycles. The fraction of sp³-hybridized carbons (Fsp3) is 0.368. The van der Waals surface area contributed by atoms with Crippen molar-refractivity contribution in [3.05, 3.63) is 65.7 Å². The van der Waals surface area contributed by atoms with E-state index in [0.717, 1.165) is 18.7 Å². The number of aryl methyl sites for hydroxylation is 1. The Kier molecular flexibility index (Phi) is 6.84. The Labute approximate surface area is 133 Å². The van der Waals surface area contributed by atoms with E-state index in [-0.39, 0.29) is 0 Å². The molecule has 2 aromatic carbocycles. The van der Waals surface area contributed by atoms with Crippen LogP contribution in [0.2, 0.25) is 0 Å². The molecule has 1 nitrogen and oxygen atoms in total. The summed E-state index contributed by atoms with van der Waals surface area (Å²) in [6.07, 6.45) is 2.26. The van der Waals surface area contributed by atoms with Gasteiger partial charge in [-0.2, -0.15) is 0 Å². The summed E-state index contributed by atoms with van der Waals surface area (Å²) >= 11 is 1.92. The van der Waals surface area contributed by atoms with E-state index in [9.17, 15) is 0 Å². The lowest BCUT2D eigenvalue weighted by Gasteiger charge is -2.19. The van der Waals surface area contributed by atoms with Crippen LogP contribution in [0.4, 0.5) is 0 Å². The monoisotopic (exact) mass is 299 g/mol. The molecule has 0 amide bonds. The SMILES string of the molecule is CCCNC(CSc1ccccc1)c1cccc(CC)c1. The maximum atomic E-state index is 3.69. The molecule has 2 heteroatoms. The molecule has 0 aromatic heterocycles. The van der Waals surface area contributed by atoms with E-state index in [0.29, 0.717) is 6.04 Å². The van der Waals surface area contributed by atoms with Crippen molar-refractivity contribution in [2.24, 2.45) is 0 Å². The lowest BCUT2D eigenvalue weighted by molar-refractivity contribution is 0.577. The van der Waals surface area contributed by atoms with Crippen molar-refractivity contribution >= 4 is 11.8 Å². The molecular weight excluding hydrogens is 274 g/mol. The first-order valence-electron chi connectivity index (χ1n) is 7.83. The van der Waals surface area contributed by atoms with E-state index >= 15 is 0 Å². The Bertz CT molecular complexity index is 524. The third-order valence-electron chi connectivity index (χ3n) is 3.56. The highest BCUT2D eigenvalue weighted by Crippen LogP contribution is 2.25. The highest BCUT2D eigenvalue weighted by atomic mass is 32.2. The van der Waals surface area contributed by atoms with Gasteiger partial charge in [0.25, 0.3) is 0 Å². The predicted molar refractivity (Wildman–Crippen MR) is 94.0 cm³/mol. The zero-order chi connectivity index (χ0) is 14.9. The molecular formula is C19H25NS. The van der Waals surface area contributed by atoms with Crippen LogP contribution in [0.3, 0.4) is 0 Å². The Morgan fingerprint density at radius 3 is 2.52 bits per heavy atom. The molecule has 1 atom stereocenters.